The molecule has 0 fully saturated rings. The molecule has 0 bridgehead atoms. The van der Waals surface area contributed by atoms with Crippen LogP contribution >= 0.6 is 22.9 Å². The van der Waals surface area contributed by atoms with Gasteiger partial charge in [-0.2, -0.15) is 0 Å². The quantitative estimate of drug-likeness (QED) is 0.269. The highest BCUT2D eigenvalue weighted by atomic mass is 35.5. The summed E-state index contributed by atoms with van der Waals surface area (Å²) in [7, 11) is 1.64. The number of hydrogen-bond donors (Lipinski definition) is 0. The van der Waals surface area contributed by atoms with Gasteiger partial charge in [-0.05, 0) is 60.5 Å². The van der Waals surface area contributed by atoms with E-state index in [1.807, 2.05) is 43.3 Å². The molecule has 6 heteroatoms. The molecule has 4 nitrogen and oxygen atoms in total. The van der Waals surface area contributed by atoms with Crippen molar-refractivity contribution in [2.24, 2.45) is 0 Å². The number of carbonyl (C=O) groups is 2. The standard InChI is InChI=1S/C24H15ClO4S/c1-12-7-16-17(10-19(12)25)24(27)18(23(16)26)8-15-9-22-20(29-15)11-21(30-22)13-3-5-14(28-2)6-4-13/h3-11H,1-2H3/b18-8-. The molecular weight excluding hydrogens is 420 g/mol. The Morgan fingerprint density at radius 3 is 2.37 bits per heavy atom. The van der Waals surface area contributed by atoms with Crippen molar-refractivity contribution < 1.29 is 18.7 Å². The first-order valence-corrected chi connectivity index (χ1v) is 10.4. The maximum atomic E-state index is 12.7. The molecule has 0 amide bonds. The highest BCUT2D eigenvalue weighted by molar-refractivity contribution is 7.22. The molecule has 0 saturated carbocycles. The van der Waals surface area contributed by atoms with E-state index in [0.29, 0.717) is 27.5 Å². The molecule has 0 N–H and O–H groups in total. The number of thiophene rings is 1. The van der Waals surface area contributed by atoms with Crippen LogP contribution < -0.4 is 4.74 Å². The minimum Gasteiger partial charge on any atom is -0.497 e. The molecule has 0 radical (unpaired) electrons. The Hall–Kier alpha value is -3.15. The summed E-state index contributed by atoms with van der Waals surface area (Å²) in [5.41, 5.74) is 3.38. The Morgan fingerprint density at radius 1 is 1.00 bits per heavy atom. The number of carbonyl (C=O) groups excluding carboxylic acids is 2. The molecule has 1 aliphatic rings. The second-order valence-corrected chi connectivity index (χ2v) is 8.57. The van der Waals surface area contributed by atoms with Crippen molar-refractivity contribution >= 4 is 50.9 Å². The van der Waals surface area contributed by atoms with E-state index in [4.69, 9.17) is 20.8 Å². The fraction of sp³-hybridized carbons (Fsp3) is 0.0833. The van der Waals surface area contributed by atoms with Crippen LogP contribution in [0.1, 0.15) is 32.0 Å². The number of ether oxygens (including phenoxy) is 1. The molecule has 0 unspecified atom stereocenters. The summed E-state index contributed by atoms with van der Waals surface area (Å²) in [5.74, 6) is 0.658. The third-order valence-electron chi connectivity index (χ3n) is 5.16. The van der Waals surface area contributed by atoms with Gasteiger partial charge in [0.25, 0.3) is 0 Å². The first-order chi connectivity index (χ1) is 14.4. The van der Waals surface area contributed by atoms with Gasteiger partial charge in [0, 0.05) is 33.2 Å². The van der Waals surface area contributed by atoms with E-state index in [0.717, 1.165) is 26.5 Å². The summed E-state index contributed by atoms with van der Waals surface area (Å²) < 4.78 is 12.0. The van der Waals surface area contributed by atoms with Crippen molar-refractivity contribution in [3.8, 4) is 16.2 Å². The highest BCUT2D eigenvalue weighted by Gasteiger charge is 2.34. The molecule has 1 aliphatic carbocycles. The Labute approximate surface area is 181 Å². The Kier molecular flexibility index (Phi) is 4.38. The summed E-state index contributed by atoms with van der Waals surface area (Å²) in [4.78, 5) is 26.5. The molecule has 148 valence electrons. The Bertz CT molecular complexity index is 1300. The predicted octanol–water partition coefficient (Wildman–Crippen LogP) is 6.59. The van der Waals surface area contributed by atoms with Gasteiger partial charge in [0.05, 0.1) is 17.4 Å². The fourth-order valence-electron chi connectivity index (χ4n) is 3.55. The average molecular weight is 435 g/mol. The van der Waals surface area contributed by atoms with Gasteiger partial charge in [-0.25, -0.2) is 0 Å². The number of aryl methyl sites for hydroxylation is 1. The molecule has 2 aromatic carbocycles. The van der Waals surface area contributed by atoms with E-state index in [-0.39, 0.29) is 17.1 Å². The number of halogens is 1. The molecule has 0 aliphatic heterocycles. The number of Topliss-reactive ketones (excluding diaryl/α,β-unsaturated/α-hetero) is 2. The SMILES string of the molecule is COc1ccc(-c2cc3oc(/C=C4/C(=O)c5cc(C)c(Cl)cc5C4=O)cc3s2)cc1. The molecular formula is C24H15ClO4S. The van der Waals surface area contributed by atoms with E-state index < -0.39 is 0 Å². The maximum Gasteiger partial charge on any atom is 0.197 e. The number of benzene rings is 2. The number of allylic oxidation sites excluding steroid dienone is 1. The number of ketones is 2. The molecule has 30 heavy (non-hydrogen) atoms. The summed E-state index contributed by atoms with van der Waals surface area (Å²) in [6, 6.07) is 14.8. The van der Waals surface area contributed by atoms with Crippen molar-refractivity contribution in [3.63, 3.8) is 0 Å². The first-order valence-electron chi connectivity index (χ1n) is 9.23. The maximum absolute atomic E-state index is 12.7. The van der Waals surface area contributed by atoms with Crippen LogP contribution in [0.4, 0.5) is 0 Å². The van der Waals surface area contributed by atoms with Crippen LogP contribution in [-0.2, 0) is 0 Å². The average Bonchev–Trinajstić information content (AvgIpc) is 3.37. The topological polar surface area (TPSA) is 56.5 Å². The largest absolute Gasteiger partial charge is 0.497 e. The third-order valence-corrected chi connectivity index (χ3v) is 6.68. The van der Waals surface area contributed by atoms with Crippen LogP contribution in [0.3, 0.4) is 0 Å². The summed E-state index contributed by atoms with van der Waals surface area (Å²) in [5, 5.41) is 0.473. The molecule has 0 atom stereocenters. The van der Waals surface area contributed by atoms with Crippen LogP contribution in [-0.4, -0.2) is 18.7 Å². The predicted molar refractivity (Wildman–Crippen MR) is 119 cm³/mol. The summed E-state index contributed by atoms with van der Waals surface area (Å²) in [6.45, 7) is 1.81. The van der Waals surface area contributed by atoms with Crippen LogP contribution in [0.15, 0.2) is 58.5 Å². The number of furan rings is 1. The van der Waals surface area contributed by atoms with Gasteiger partial charge in [0.2, 0.25) is 0 Å². The minimum atomic E-state index is -0.324. The highest BCUT2D eigenvalue weighted by Crippen LogP contribution is 2.37. The number of fused-ring (bicyclic) bond motifs is 2. The van der Waals surface area contributed by atoms with Crippen molar-refractivity contribution in [3.05, 3.63) is 81.6 Å². The minimum absolute atomic E-state index is 0.100. The van der Waals surface area contributed by atoms with Gasteiger partial charge < -0.3 is 9.15 Å². The van der Waals surface area contributed by atoms with E-state index >= 15 is 0 Å². The van der Waals surface area contributed by atoms with Gasteiger partial charge in [-0.15, -0.1) is 11.3 Å². The van der Waals surface area contributed by atoms with E-state index in [2.05, 4.69) is 0 Å². The van der Waals surface area contributed by atoms with Gasteiger partial charge >= 0.3 is 0 Å². The van der Waals surface area contributed by atoms with Crippen LogP contribution in [0.2, 0.25) is 5.02 Å². The number of methoxy groups -OCH3 is 1. The Morgan fingerprint density at radius 2 is 1.70 bits per heavy atom. The van der Waals surface area contributed by atoms with Gasteiger partial charge in [0.15, 0.2) is 11.6 Å². The second kappa shape index (κ2) is 6.97. The third kappa shape index (κ3) is 2.98. The van der Waals surface area contributed by atoms with Crippen LogP contribution in [0.5, 0.6) is 5.75 Å². The lowest BCUT2D eigenvalue weighted by molar-refractivity contribution is 0.0990. The normalized spacial score (nSPS) is 14.7. The van der Waals surface area contributed by atoms with Crippen molar-refractivity contribution in [1.82, 2.24) is 0 Å². The zero-order valence-corrected chi connectivity index (χ0v) is 17.7. The molecule has 4 aromatic rings. The van der Waals surface area contributed by atoms with E-state index in [9.17, 15) is 9.59 Å². The summed E-state index contributed by atoms with van der Waals surface area (Å²) >= 11 is 7.71. The van der Waals surface area contributed by atoms with Crippen molar-refractivity contribution in [1.29, 1.82) is 0 Å². The number of rotatable bonds is 3. The second-order valence-electron chi connectivity index (χ2n) is 7.08. The lowest BCUT2D eigenvalue weighted by Crippen LogP contribution is -1.99. The van der Waals surface area contributed by atoms with Crippen molar-refractivity contribution in [2.45, 2.75) is 6.92 Å². The van der Waals surface area contributed by atoms with Gasteiger partial charge in [-0.3, -0.25) is 9.59 Å². The smallest absolute Gasteiger partial charge is 0.197 e. The zero-order chi connectivity index (χ0) is 21.0. The lowest BCUT2D eigenvalue weighted by Gasteiger charge is -2.00. The van der Waals surface area contributed by atoms with Crippen molar-refractivity contribution in [2.75, 3.05) is 7.11 Å². The Balaban J connectivity index is 1.48. The molecule has 0 saturated heterocycles. The molecule has 2 aromatic heterocycles. The lowest BCUT2D eigenvalue weighted by atomic mass is 10.1. The molecule has 0 spiro atoms. The first kappa shape index (κ1) is 18.9. The fourth-order valence-corrected chi connectivity index (χ4v) is 4.74. The molecule has 2 heterocycles. The van der Waals surface area contributed by atoms with E-state index in [1.165, 1.54) is 6.08 Å². The van der Waals surface area contributed by atoms with Gasteiger partial charge in [-0.1, -0.05) is 11.6 Å². The zero-order valence-electron chi connectivity index (χ0n) is 16.1. The van der Waals surface area contributed by atoms with Gasteiger partial charge in [0.1, 0.15) is 17.1 Å². The monoisotopic (exact) mass is 434 g/mol. The summed E-state index contributed by atoms with van der Waals surface area (Å²) in [6.07, 6.45) is 1.52. The number of hydrogen-bond acceptors (Lipinski definition) is 5. The van der Waals surface area contributed by atoms with Crippen LogP contribution in [0.25, 0.3) is 26.8 Å². The van der Waals surface area contributed by atoms with Crippen LogP contribution in [0, 0.1) is 6.92 Å². The van der Waals surface area contributed by atoms with E-state index in [1.54, 1.807) is 30.6 Å². The molecule has 5 rings (SSSR count).